The van der Waals surface area contributed by atoms with Crippen molar-refractivity contribution in [3.8, 4) is 5.75 Å². The third-order valence-corrected chi connectivity index (χ3v) is 3.17. The normalized spacial score (nSPS) is 10.3. The van der Waals surface area contributed by atoms with Gasteiger partial charge in [-0.2, -0.15) is 0 Å². The molecular weight excluding hydrogens is 353 g/mol. The maximum atomic E-state index is 13.4. The topological polar surface area (TPSA) is 9.23 Å². The van der Waals surface area contributed by atoms with E-state index in [0.717, 1.165) is 3.57 Å². The summed E-state index contributed by atoms with van der Waals surface area (Å²) in [6.07, 6.45) is 0. The molecule has 0 fully saturated rings. The zero-order chi connectivity index (χ0) is 12.3. The van der Waals surface area contributed by atoms with Gasteiger partial charge in [0.2, 0.25) is 0 Å². The molecule has 0 heterocycles. The zero-order valence-electron chi connectivity index (χ0n) is 8.79. The van der Waals surface area contributed by atoms with Gasteiger partial charge in [0.05, 0.1) is 0 Å². The fourth-order valence-electron chi connectivity index (χ4n) is 1.35. The van der Waals surface area contributed by atoms with E-state index in [1.165, 1.54) is 12.1 Å². The lowest BCUT2D eigenvalue weighted by Gasteiger charge is -2.07. The van der Waals surface area contributed by atoms with Crippen LogP contribution in [0.25, 0.3) is 0 Å². The lowest BCUT2D eigenvalue weighted by Crippen LogP contribution is -1.98. The molecule has 0 aliphatic heterocycles. The molecule has 0 amide bonds. The van der Waals surface area contributed by atoms with Crippen LogP contribution in [0, 0.1) is 9.39 Å². The van der Waals surface area contributed by atoms with Gasteiger partial charge in [0.25, 0.3) is 0 Å². The summed E-state index contributed by atoms with van der Waals surface area (Å²) in [5.74, 6) is 0.407. The first-order chi connectivity index (χ1) is 8.15. The standard InChI is InChI=1S/C13H9ClFIO/c14-10-1-6-13(15)9(7-10)8-17-12-4-2-11(16)3-5-12/h1-7H,8H2. The minimum Gasteiger partial charge on any atom is -0.489 e. The Kier molecular flexibility index (Phi) is 4.23. The van der Waals surface area contributed by atoms with Crippen molar-refractivity contribution in [3.63, 3.8) is 0 Å². The van der Waals surface area contributed by atoms with Crippen molar-refractivity contribution in [1.82, 2.24) is 0 Å². The third kappa shape index (κ3) is 3.57. The van der Waals surface area contributed by atoms with E-state index < -0.39 is 0 Å². The highest BCUT2D eigenvalue weighted by molar-refractivity contribution is 14.1. The molecular formula is C13H9ClFIO. The van der Waals surface area contributed by atoms with E-state index >= 15 is 0 Å². The molecule has 88 valence electrons. The van der Waals surface area contributed by atoms with Crippen molar-refractivity contribution in [3.05, 3.63) is 62.4 Å². The van der Waals surface area contributed by atoms with Gasteiger partial charge < -0.3 is 4.74 Å². The molecule has 0 aromatic heterocycles. The minimum absolute atomic E-state index is 0.174. The second-order valence-electron chi connectivity index (χ2n) is 3.48. The van der Waals surface area contributed by atoms with Crippen LogP contribution in [-0.4, -0.2) is 0 Å². The highest BCUT2D eigenvalue weighted by Gasteiger charge is 2.04. The van der Waals surface area contributed by atoms with Crippen LogP contribution in [0.3, 0.4) is 0 Å². The second kappa shape index (κ2) is 5.69. The molecule has 0 saturated heterocycles. The molecule has 0 aliphatic carbocycles. The molecule has 0 atom stereocenters. The van der Waals surface area contributed by atoms with Gasteiger partial charge in [-0.3, -0.25) is 0 Å². The lowest BCUT2D eigenvalue weighted by atomic mass is 10.2. The third-order valence-electron chi connectivity index (χ3n) is 2.22. The predicted octanol–water partition coefficient (Wildman–Crippen LogP) is 4.66. The van der Waals surface area contributed by atoms with Gasteiger partial charge in [0.1, 0.15) is 18.2 Å². The van der Waals surface area contributed by atoms with E-state index in [9.17, 15) is 4.39 Å². The van der Waals surface area contributed by atoms with Crippen molar-refractivity contribution in [2.24, 2.45) is 0 Å². The number of rotatable bonds is 3. The Balaban J connectivity index is 2.07. The summed E-state index contributed by atoms with van der Waals surface area (Å²) in [5.41, 5.74) is 0.455. The van der Waals surface area contributed by atoms with Gasteiger partial charge in [-0.05, 0) is 65.1 Å². The highest BCUT2D eigenvalue weighted by atomic mass is 127. The smallest absolute Gasteiger partial charge is 0.129 e. The molecule has 0 N–H and O–H groups in total. The van der Waals surface area contributed by atoms with Gasteiger partial charge >= 0.3 is 0 Å². The van der Waals surface area contributed by atoms with Gasteiger partial charge in [-0.15, -0.1) is 0 Å². The molecule has 1 nitrogen and oxygen atoms in total. The van der Waals surface area contributed by atoms with Gasteiger partial charge in [-0.1, -0.05) is 11.6 Å². The Labute approximate surface area is 118 Å². The molecule has 0 spiro atoms. The Hall–Kier alpha value is -0.810. The molecule has 2 rings (SSSR count). The number of hydrogen-bond acceptors (Lipinski definition) is 1. The monoisotopic (exact) mass is 362 g/mol. The maximum absolute atomic E-state index is 13.4. The minimum atomic E-state index is -0.306. The van der Waals surface area contributed by atoms with E-state index in [1.807, 2.05) is 24.3 Å². The van der Waals surface area contributed by atoms with Crippen LogP contribution in [0.5, 0.6) is 5.75 Å². The van der Waals surface area contributed by atoms with Crippen LogP contribution in [0.2, 0.25) is 5.02 Å². The largest absolute Gasteiger partial charge is 0.489 e. The Morgan fingerprint density at radius 1 is 1.12 bits per heavy atom. The number of hydrogen-bond donors (Lipinski definition) is 0. The summed E-state index contributed by atoms with van der Waals surface area (Å²) in [4.78, 5) is 0. The van der Waals surface area contributed by atoms with Gasteiger partial charge in [0.15, 0.2) is 0 Å². The first kappa shape index (κ1) is 12.6. The van der Waals surface area contributed by atoms with Crippen LogP contribution in [-0.2, 0) is 6.61 Å². The van der Waals surface area contributed by atoms with Crippen LogP contribution in [0.4, 0.5) is 4.39 Å². The fourth-order valence-corrected chi connectivity index (χ4v) is 1.90. The average molecular weight is 363 g/mol. The van der Waals surface area contributed by atoms with Crippen LogP contribution >= 0.6 is 34.2 Å². The molecule has 0 radical (unpaired) electrons. The van der Waals surface area contributed by atoms with Crippen LogP contribution in [0.1, 0.15) is 5.56 Å². The summed E-state index contributed by atoms with van der Waals surface area (Å²) >= 11 is 8.01. The first-order valence-corrected chi connectivity index (χ1v) is 6.43. The molecule has 2 aromatic rings. The van der Waals surface area contributed by atoms with Crippen molar-refractivity contribution < 1.29 is 9.13 Å². The summed E-state index contributed by atoms with van der Waals surface area (Å²) in [7, 11) is 0. The van der Waals surface area contributed by atoms with Crippen molar-refractivity contribution in [2.75, 3.05) is 0 Å². The molecule has 0 bridgehead atoms. The zero-order valence-corrected chi connectivity index (χ0v) is 11.7. The second-order valence-corrected chi connectivity index (χ2v) is 5.16. The van der Waals surface area contributed by atoms with E-state index in [0.29, 0.717) is 16.3 Å². The molecule has 0 saturated carbocycles. The number of benzene rings is 2. The number of ether oxygens (including phenoxy) is 1. The van der Waals surface area contributed by atoms with E-state index in [2.05, 4.69) is 22.6 Å². The van der Waals surface area contributed by atoms with Crippen molar-refractivity contribution in [1.29, 1.82) is 0 Å². The van der Waals surface area contributed by atoms with Crippen LogP contribution < -0.4 is 4.74 Å². The summed E-state index contributed by atoms with van der Waals surface area (Å²) in [6.45, 7) is 0.174. The highest BCUT2D eigenvalue weighted by Crippen LogP contribution is 2.18. The van der Waals surface area contributed by atoms with Crippen molar-refractivity contribution in [2.45, 2.75) is 6.61 Å². The molecule has 0 aliphatic rings. The Morgan fingerprint density at radius 3 is 2.53 bits per heavy atom. The van der Waals surface area contributed by atoms with Gasteiger partial charge in [-0.25, -0.2) is 4.39 Å². The maximum Gasteiger partial charge on any atom is 0.129 e. The van der Waals surface area contributed by atoms with E-state index in [-0.39, 0.29) is 12.4 Å². The molecule has 4 heteroatoms. The quantitative estimate of drug-likeness (QED) is 0.722. The first-order valence-electron chi connectivity index (χ1n) is 4.97. The SMILES string of the molecule is Fc1ccc(Cl)cc1COc1ccc(I)cc1. The van der Waals surface area contributed by atoms with Crippen molar-refractivity contribution >= 4 is 34.2 Å². The molecule has 2 aromatic carbocycles. The molecule has 0 unspecified atom stereocenters. The van der Waals surface area contributed by atoms with E-state index in [4.69, 9.17) is 16.3 Å². The van der Waals surface area contributed by atoms with Crippen LogP contribution in [0.15, 0.2) is 42.5 Å². The molecule has 17 heavy (non-hydrogen) atoms. The van der Waals surface area contributed by atoms with Gasteiger partial charge in [0, 0.05) is 14.2 Å². The number of halogens is 3. The Bertz CT molecular complexity index is 513. The summed E-state index contributed by atoms with van der Waals surface area (Å²) < 4.78 is 20.0. The fraction of sp³-hybridized carbons (Fsp3) is 0.0769. The Morgan fingerprint density at radius 2 is 1.82 bits per heavy atom. The average Bonchev–Trinajstić information content (AvgIpc) is 2.32. The van der Waals surface area contributed by atoms with E-state index in [1.54, 1.807) is 6.07 Å². The predicted molar refractivity (Wildman–Crippen MR) is 74.9 cm³/mol. The lowest BCUT2D eigenvalue weighted by molar-refractivity contribution is 0.300. The summed E-state index contributed by atoms with van der Waals surface area (Å²) in [6, 6.07) is 12.0. The summed E-state index contributed by atoms with van der Waals surface area (Å²) in [5, 5.41) is 0.507.